The van der Waals surface area contributed by atoms with Crippen molar-refractivity contribution in [1.82, 2.24) is 5.32 Å². The summed E-state index contributed by atoms with van der Waals surface area (Å²) in [4.78, 5) is 23.7. The lowest BCUT2D eigenvalue weighted by Gasteiger charge is -2.43. The van der Waals surface area contributed by atoms with Gasteiger partial charge in [-0.15, -0.1) is 0 Å². The van der Waals surface area contributed by atoms with Crippen LogP contribution in [0.15, 0.2) is 0 Å². The average molecular weight is 237 g/mol. The molecule has 3 nitrogen and oxygen atoms in total. The molecule has 1 aliphatic carbocycles. The van der Waals surface area contributed by atoms with E-state index in [4.69, 9.17) is 0 Å². The highest BCUT2D eigenvalue weighted by Crippen LogP contribution is 2.59. The lowest BCUT2D eigenvalue weighted by Crippen LogP contribution is -2.53. The van der Waals surface area contributed by atoms with Gasteiger partial charge in [0.25, 0.3) is 0 Å². The van der Waals surface area contributed by atoms with Gasteiger partial charge in [0.15, 0.2) is 0 Å². The van der Waals surface area contributed by atoms with Crippen molar-refractivity contribution in [3.05, 3.63) is 0 Å². The fourth-order valence-corrected chi connectivity index (χ4v) is 4.42. The van der Waals surface area contributed by atoms with Gasteiger partial charge in [0.05, 0.1) is 0 Å². The maximum absolute atomic E-state index is 12.0. The minimum atomic E-state index is -0.0856. The summed E-state index contributed by atoms with van der Waals surface area (Å²) in [5.41, 5.74) is 0.169. The van der Waals surface area contributed by atoms with Gasteiger partial charge in [-0.05, 0) is 36.0 Å². The van der Waals surface area contributed by atoms with Gasteiger partial charge in [0.1, 0.15) is 0 Å². The first-order valence-electron chi connectivity index (χ1n) is 6.64. The van der Waals surface area contributed by atoms with Crippen LogP contribution in [-0.4, -0.2) is 11.8 Å². The quantitative estimate of drug-likeness (QED) is 0.712. The first-order valence-corrected chi connectivity index (χ1v) is 6.64. The molecule has 0 bridgehead atoms. The molecule has 2 rings (SSSR count). The molecular formula is C14H23NO2. The first kappa shape index (κ1) is 12.6. The van der Waals surface area contributed by atoms with Crippen molar-refractivity contribution in [3.63, 3.8) is 0 Å². The predicted octanol–water partition coefficient (Wildman–Crippen LogP) is 2.50. The zero-order chi connectivity index (χ0) is 12.8. The van der Waals surface area contributed by atoms with Crippen LogP contribution < -0.4 is 5.32 Å². The normalized spacial score (nSPS) is 40.7. The summed E-state index contributed by atoms with van der Waals surface area (Å²) >= 11 is 0. The van der Waals surface area contributed by atoms with E-state index in [-0.39, 0.29) is 28.6 Å². The third-order valence-electron chi connectivity index (χ3n) is 4.82. The zero-order valence-corrected chi connectivity index (χ0v) is 11.3. The van der Waals surface area contributed by atoms with Gasteiger partial charge in [0.2, 0.25) is 11.8 Å². The van der Waals surface area contributed by atoms with Crippen molar-refractivity contribution in [1.29, 1.82) is 0 Å². The SMILES string of the molecule is CCC1C(=O)NC(=O)CC12CC(C)(C)CC2C. The monoisotopic (exact) mass is 237 g/mol. The molecule has 3 unspecified atom stereocenters. The Balaban J connectivity index is 2.39. The largest absolute Gasteiger partial charge is 0.296 e. The predicted molar refractivity (Wildman–Crippen MR) is 66.2 cm³/mol. The van der Waals surface area contributed by atoms with Crippen LogP contribution in [0.3, 0.4) is 0 Å². The van der Waals surface area contributed by atoms with Crippen LogP contribution in [0.4, 0.5) is 0 Å². The van der Waals surface area contributed by atoms with Crippen LogP contribution in [0, 0.1) is 22.7 Å². The van der Waals surface area contributed by atoms with Crippen LogP contribution in [0.1, 0.15) is 53.4 Å². The molecule has 1 saturated heterocycles. The molecule has 2 fully saturated rings. The number of carbonyl (C=O) groups excluding carboxylic acids is 2. The average Bonchev–Trinajstić information content (AvgIpc) is 2.35. The van der Waals surface area contributed by atoms with Gasteiger partial charge in [0, 0.05) is 12.3 Å². The minimum absolute atomic E-state index is 0.0111. The van der Waals surface area contributed by atoms with E-state index in [1.807, 2.05) is 0 Å². The second kappa shape index (κ2) is 3.82. The molecule has 3 atom stereocenters. The molecule has 0 aromatic heterocycles. The summed E-state index contributed by atoms with van der Waals surface area (Å²) in [5, 5.41) is 2.50. The summed E-state index contributed by atoms with van der Waals surface area (Å²) in [7, 11) is 0. The molecule has 1 aliphatic heterocycles. The molecule has 3 heteroatoms. The van der Waals surface area contributed by atoms with Crippen LogP contribution in [0.5, 0.6) is 0 Å². The van der Waals surface area contributed by atoms with E-state index in [0.717, 1.165) is 19.3 Å². The molecule has 2 aliphatic rings. The van der Waals surface area contributed by atoms with Crippen molar-refractivity contribution in [2.75, 3.05) is 0 Å². The van der Waals surface area contributed by atoms with E-state index in [1.54, 1.807) is 0 Å². The summed E-state index contributed by atoms with van der Waals surface area (Å²) in [6.45, 7) is 8.77. The van der Waals surface area contributed by atoms with E-state index < -0.39 is 0 Å². The summed E-state index contributed by atoms with van der Waals surface area (Å²) in [5.74, 6) is 0.340. The third-order valence-corrected chi connectivity index (χ3v) is 4.82. The van der Waals surface area contributed by atoms with Crippen LogP contribution in [-0.2, 0) is 9.59 Å². The molecule has 0 aromatic rings. The number of imide groups is 1. The van der Waals surface area contributed by atoms with Crippen LogP contribution >= 0.6 is 0 Å². The number of hydrogen-bond donors (Lipinski definition) is 1. The molecule has 1 heterocycles. The summed E-state index contributed by atoms with van der Waals surface area (Å²) in [6, 6.07) is 0. The lowest BCUT2D eigenvalue weighted by atomic mass is 9.63. The van der Waals surface area contributed by atoms with Gasteiger partial charge >= 0.3 is 0 Å². The molecule has 0 radical (unpaired) electrons. The topological polar surface area (TPSA) is 46.2 Å². The number of piperidine rings is 1. The van der Waals surface area contributed by atoms with Gasteiger partial charge < -0.3 is 0 Å². The van der Waals surface area contributed by atoms with Gasteiger partial charge in [-0.1, -0.05) is 27.7 Å². The van der Waals surface area contributed by atoms with Crippen molar-refractivity contribution in [2.24, 2.45) is 22.7 Å². The first-order chi connectivity index (χ1) is 7.81. The molecule has 2 amide bonds. The molecule has 1 spiro atoms. The Bertz CT molecular complexity index is 361. The Morgan fingerprint density at radius 2 is 2.00 bits per heavy atom. The molecule has 0 aromatic carbocycles. The molecule has 1 saturated carbocycles. The Morgan fingerprint density at radius 3 is 2.47 bits per heavy atom. The second-order valence-electron chi connectivity index (χ2n) is 6.73. The minimum Gasteiger partial charge on any atom is -0.296 e. The highest BCUT2D eigenvalue weighted by molar-refractivity contribution is 5.99. The maximum Gasteiger partial charge on any atom is 0.230 e. The lowest BCUT2D eigenvalue weighted by molar-refractivity contribution is -0.145. The Kier molecular flexibility index (Phi) is 2.83. The number of hydrogen-bond acceptors (Lipinski definition) is 2. The van der Waals surface area contributed by atoms with Crippen LogP contribution in [0.25, 0.3) is 0 Å². The molecular weight excluding hydrogens is 214 g/mol. The Hall–Kier alpha value is -0.860. The molecule has 17 heavy (non-hydrogen) atoms. The Morgan fingerprint density at radius 1 is 1.35 bits per heavy atom. The van der Waals surface area contributed by atoms with Crippen molar-refractivity contribution in [3.8, 4) is 0 Å². The van der Waals surface area contributed by atoms with Gasteiger partial charge in [-0.2, -0.15) is 0 Å². The molecule has 96 valence electrons. The summed E-state index contributed by atoms with van der Waals surface area (Å²) < 4.78 is 0. The maximum atomic E-state index is 12.0. The van der Waals surface area contributed by atoms with E-state index in [2.05, 4.69) is 33.0 Å². The van der Waals surface area contributed by atoms with E-state index >= 15 is 0 Å². The Labute approximate surface area is 103 Å². The summed E-state index contributed by atoms with van der Waals surface area (Å²) in [6.07, 6.45) is 3.48. The highest BCUT2D eigenvalue weighted by atomic mass is 16.2. The van der Waals surface area contributed by atoms with Gasteiger partial charge in [-0.25, -0.2) is 0 Å². The van der Waals surface area contributed by atoms with Crippen LogP contribution in [0.2, 0.25) is 0 Å². The fourth-order valence-electron chi connectivity index (χ4n) is 4.42. The smallest absolute Gasteiger partial charge is 0.230 e. The number of amides is 2. The van der Waals surface area contributed by atoms with E-state index in [1.165, 1.54) is 0 Å². The number of carbonyl (C=O) groups is 2. The zero-order valence-electron chi connectivity index (χ0n) is 11.3. The fraction of sp³-hybridized carbons (Fsp3) is 0.857. The van der Waals surface area contributed by atoms with Crippen molar-refractivity contribution in [2.45, 2.75) is 53.4 Å². The number of nitrogens with one attached hydrogen (secondary N) is 1. The van der Waals surface area contributed by atoms with E-state index in [0.29, 0.717) is 12.3 Å². The third kappa shape index (κ3) is 1.90. The highest BCUT2D eigenvalue weighted by Gasteiger charge is 2.57. The van der Waals surface area contributed by atoms with E-state index in [9.17, 15) is 9.59 Å². The van der Waals surface area contributed by atoms with Gasteiger partial charge in [-0.3, -0.25) is 14.9 Å². The standard InChI is InChI=1S/C14H23NO2/c1-5-10-12(17)15-11(16)7-14(10)8-13(3,4)6-9(14)2/h9-10H,5-8H2,1-4H3,(H,15,16,17). The van der Waals surface area contributed by atoms with Crippen molar-refractivity contribution < 1.29 is 9.59 Å². The number of rotatable bonds is 1. The second-order valence-corrected chi connectivity index (χ2v) is 6.73. The van der Waals surface area contributed by atoms with Crippen molar-refractivity contribution >= 4 is 11.8 Å². The molecule has 1 N–H and O–H groups in total.